The van der Waals surface area contributed by atoms with E-state index in [1.165, 1.54) is 11.3 Å². The van der Waals surface area contributed by atoms with Crippen LogP contribution in [0.2, 0.25) is 0 Å². The first kappa shape index (κ1) is 15.2. The van der Waals surface area contributed by atoms with Gasteiger partial charge < -0.3 is 10.5 Å². The summed E-state index contributed by atoms with van der Waals surface area (Å²) >= 11 is 0. The highest BCUT2D eigenvalue weighted by molar-refractivity contribution is 5.29. The van der Waals surface area contributed by atoms with E-state index < -0.39 is 0 Å². The Hall–Kier alpha value is -0.870. The Bertz CT molecular complexity index is 358. The molecule has 1 aromatic rings. The molecule has 0 spiro atoms. The highest BCUT2D eigenvalue weighted by Crippen LogP contribution is 2.22. The third kappa shape index (κ3) is 3.56. The van der Waals surface area contributed by atoms with E-state index in [2.05, 4.69) is 18.5 Å². The number of hydrogen-bond acceptors (Lipinski definition) is 3. The molecule has 0 bridgehead atoms. The Morgan fingerprint density at radius 3 is 2.50 bits per heavy atom. The maximum Gasteiger partial charge on any atom is 0.0672 e. The second-order valence-corrected chi connectivity index (χ2v) is 4.58. The normalized spacial score (nSPS) is 12.9. The Labute approximate surface area is 111 Å². The summed E-state index contributed by atoms with van der Waals surface area (Å²) in [5, 5.41) is 4.70. The molecule has 0 aromatic carbocycles. The molecule has 1 atom stereocenters. The Morgan fingerprint density at radius 1 is 1.28 bits per heavy atom. The number of nitrogens with zero attached hydrogens (tertiary/aromatic N) is 2. The molecule has 1 rings (SSSR count). The van der Waals surface area contributed by atoms with E-state index in [9.17, 15) is 0 Å². The van der Waals surface area contributed by atoms with E-state index in [-0.39, 0.29) is 6.04 Å². The van der Waals surface area contributed by atoms with Gasteiger partial charge in [0, 0.05) is 37.1 Å². The van der Waals surface area contributed by atoms with Gasteiger partial charge in [0.15, 0.2) is 0 Å². The van der Waals surface area contributed by atoms with Crippen molar-refractivity contribution in [3.63, 3.8) is 0 Å². The molecule has 18 heavy (non-hydrogen) atoms. The maximum absolute atomic E-state index is 6.08. The van der Waals surface area contributed by atoms with Gasteiger partial charge in [-0.15, -0.1) is 0 Å². The Morgan fingerprint density at radius 2 is 2.00 bits per heavy atom. The molecule has 1 unspecified atom stereocenters. The zero-order valence-electron chi connectivity index (χ0n) is 12.2. The lowest BCUT2D eigenvalue weighted by molar-refractivity contribution is 0.140. The summed E-state index contributed by atoms with van der Waals surface area (Å²) in [6.07, 6.45) is 2.94. The molecule has 2 N–H and O–H groups in total. The fraction of sp³-hybridized carbons (Fsp3) is 0.786. The van der Waals surface area contributed by atoms with E-state index in [1.54, 1.807) is 0 Å². The second kappa shape index (κ2) is 7.54. The van der Waals surface area contributed by atoms with Crippen LogP contribution in [0.1, 0.15) is 57.1 Å². The summed E-state index contributed by atoms with van der Waals surface area (Å²) < 4.78 is 7.50. The minimum Gasteiger partial charge on any atom is -0.382 e. The minimum absolute atomic E-state index is 0.0653. The van der Waals surface area contributed by atoms with Crippen LogP contribution < -0.4 is 5.73 Å². The Kier molecular flexibility index (Phi) is 6.36. The van der Waals surface area contributed by atoms with Gasteiger partial charge in [-0.1, -0.05) is 13.8 Å². The molecular formula is C14H27N3O. The van der Waals surface area contributed by atoms with E-state index in [0.29, 0.717) is 0 Å². The highest BCUT2D eigenvalue weighted by atomic mass is 16.5. The lowest BCUT2D eigenvalue weighted by Gasteiger charge is -2.10. The zero-order valence-corrected chi connectivity index (χ0v) is 12.2. The average molecular weight is 253 g/mol. The first-order valence-electron chi connectivity index (χ1n) is 7.07. The van der Waals surface area contributed by atoms with Crippen LogP contribution in [0, 0.1) is 0 Å². The number of rotatable bonds is 8. The lowest BCUT2D eigenvalue weighted by atomic mass is 10.0. The van der Waals surface area contributed by atoms with Crippen molar-refractivity contribution in [1.29, 1.82) is 0 Å². The van der Waals surface area contributed by atoms with Crippen molar-refractivity contribution in [2.75, 3.05) is 13.2 Å². The molecule has 0 fully saturated rings. The number of hydrogen-bond donors (Lipinski definition) is 1. The van der Waals surface area contributed by atoms with Crippen molar-refractivity contribution in [3.05, 3.63) is 17.0 Å². The fourth-order valence-corrected chi connectivity index (χ4v) is 2.37. The van der Waals surface area contributed by atoms with Crippen LogP contribution >= 0.6 is 0 Å². The standard InChI is InChI=1S/C14H27N3O/c1-5-12-14(11(4)15)13(6-2)17(16-12)9-8-10-18-7-3/h11H,5-10,15H2,1-4H3. The molecule has 1 heterocycles. The van der Waals surface area contributed by atoms with E-state index in [1.807, 2.05) is 13.8 Å². The summed E-state index contributed by atoms with van der Waals surface area (Å²) in [5.41, 5.74) is 9.77. The topological polar surface area (TPSA) is 53.1 Å². The minimum atomic E-state index is 0.0653. The number of ether oxygens (including phenoxy) is 1. The predicted molar refractivity (Wildman–Crippen MR) is 74.7 cm³/mol. The number of aryl methyl sites for hydroxylation is 2. The quantitative estimate of drug-likeness (QED) is 0.724. The first-order valence-corrected chi connectivity index (χ1v) is 7.07. The third-order valence-corrected chi connectivity index (χ3v) is 3.16. The molecule has 4 nitrogen and oxygen atoms in total. The second-order valence-electron chi connectivity index (χ2n) is 4.58. The van der Waals surface area contributed by atoms with Crippen LogP contribution in [0.4, 0.5) is 0 Å². The van der Waals surface area contributed by atoms with E-state index in [0.717, 1.165) is 44.7 Å². The van der Waals surface area contributed by atoms with Crippen LogP contribution in [0.25, 0.3) is 0 Å². The zero-order chi connectivity index (χ0) is 13.5. The van der Waals surface area contributed by atoms with Crippen molar-refractivity contribution in [2.45, 2.75) is 59.5 Å². The molecule has 4 heteroatoms. The van der Waals surface area contributed by atoms with Gasteiger partial charge in [-0.05, 0) is 33.1 Å². The van der Waals surface area contributed by atoms with Crippen LogP contribution in [-0.4, -0.2) is 23.0 Å². The van der Waals surface area contributed by atoms with Crippen molar-refractivity contribution < 1.29 is 4.74 Å². The van der Waals surface area contributed by atoms with Gasteiger partial charge >= 0.3 is 0 Å². The molecule has 0 saturated heterocycles. The summed E-state index contributed by atoms with van der Waals surface area (Å²) in [6.45, 7) is 10.9. The predicted octanol–water partition coefficient (Wildman–Crippen LogP) is 2.45. The first-order chi connectivity index (χ1) is 8.65. The van der Waals surface area contributed by atoms with Gasteiger partial charge in [0.25, 0.3) is 0 Å². The molecule has 0 saturated carbocycles. The molecule has 104 valence electrons. The number of aromatic nitrogens is 2. The van der Waals surface area contributed by atoms with E-state index >= 15 is 0 Å². The summed E-state index contributed by atoms with van der Waals surface area (Å²) in [7, 11) is 0. The van der Waals surface area contributed by atoms with Crippen molar-refractivity contribution in [1.82, 2.24) is 9.78 Å². The van der Waals surface area contributed by atoms with Crippen molar-refractivity contribution in [2.24, 2.45) is 5.73 Å². The van der Waals surface area contributed by atoms with Gasteiger partial charge in [-0.2, -0.15) is 5.10 Å². The summed E-state index contributed by atoms with van der Waals surface area (Å²) in [4.78, 5) is 0. The molecule has 0 aliphatic rings. The molecular weight excluding hydrogens is 226 g/mol. The van der Waals surface area contributed by atoms with Crippen molar-refractivity contribution in [3.8, 4) is 0 Å². The summed E-state index contributed by atoms with van der Waals surface area (Å²) in [6, 6.07) is 0.0653. The molecule has 0 amide bonds. The van der Waals surface area contributed by atoms with Crippen LogP contribution in [0.3, 0.4) is 0 Å². The Balaban J connectivity index is 2.83. The lowest BCUT2D eigenvalue weighted by Crippen LogP contribution is -2.11. The van der Waals surface area contributed by atoms with E-state index in [4.69, 9.17) is 15.6 Å². The van der Waals surface area contributed by atoms with Crippen LogP contribution in [0.5, 0.6) is 0 Å². The van der Waals surface area contributed by atoms with Gasteiger partial charge in [0.1, 0.15) is 0 Å². The third-order valence-electron chi connectivity index (χ3n) is 3.16. The largest absolute Gasteiger partial charge is 0.382 e. The van der Waals surface area contributed by atoms with Crippen LogP contribution in [-0.2, 0) is 24.1 Å². The SMILES string of the molecule is CCOCCCn1nc(CC)c(C(C)N)c1CC. The average Bonchev–Trinajstić information content (AvgIpc) is 2.72. The van der Waals surface area contributed by atoms with Crippen molar-refractivity contribution >= 4 is 0 Å². The highest BCUT2D eigenvalue weighted by Gasteiger charge is 2.17. The monoisotopic (exact) mass is 253 g/mol. The molecule has 0 aliphatic heterocycles. The van der Waals surface area contributed by atoms with Gasteiger partial charge in [-0.25, -0.2) is 0 Å². The molecule has 0 radical (unpaired) electrons. The van der Waals surface area contributed by atoms with Gasteiger partial charge in [0.2, 0.25) is 0 Å². The van der Waals surface area contributed by atoms with Gasteiger partial charge in [0.05, 0.1) is 5.69 Å². The van der Waals surface area contributed by atoms with Crippen LogP contribution in [0.15, 0.2) is 0 Å². The number of nitrogens with two attached hydrogens (primary N) is 1. The fourth-order valence-electron chi connectivity index (χ4n) is 2.37. The smallest absolute Gasteiger partial charge is 0.0672 e. The molecule has 1 aromatic heterocycles. The summed E-state index contributed by atoms with van der Waals surface area (Å²) in [5.74, 6) is 0. The molecule has 0 aliphatic carbocycles. The van der Waals surface area contributed by atoms with Gasteiger partial charge in [-0.3, -0.25) is 4.68 Å². The maximum atomic E-state index is 6.08.